The molecule has 1 saturated carbocycles. The molecule has 0 aromatic carbocycles. The molecule has 106 valence electrons. The number of hydrogen-bond acceptors (Lipinski definition) is 3. The molecule has 19 heavy (non-hydrogen) atoms. The van der Waals surface area contributed by atoms with Crippen LogP contribution in [0.4, 0.5) is 5.82 Å². The fourth-order valence-corrected chi connectivity index (χ4v) is 3.65. The van der Waals surface area contributed by atoms with Crippen molar-refractivity contribution in [1.82, 2.24) is 9.97 Å². The number of nitrogens with zero attached hydrogens (tertiary/aromatic N) is 2. The van der Waals surface area contributed by atoms with Crippen LogP contribution in [0.2, 0.25) is 5.28 Å². The van der Waals surface area contributed by atoms with Crippen molar-refractivity contribution in [2.24, 2.45) is 11.3 Å². The van der Waals surface area contributed by atoms with Crippen LogP contribution in [0.3, 0.4) is 0 Å². The van der Waals surface area contributed by atoms with E-state index in [0.29, 0.717) is 5.41 Å². The zero-order chi connectivity index (χ0) is 13.9. The van der Waals surface area contributed by atoms with Gasteiger partial charge in [0.1, 0.15) is 5.82 Å². The van der Waals surface area contributed by atoms with Crippen molar-refractivity contribution in [3.05, 3.63) is 16.0 Å². The Morgan fingerprint density at radius 3 is 2.74 bits per heavy atom. The van der Waals surface area contributed by atoms with Gasteiger partial charge < -0.3 is 5.32 Å². The predicted octanol–water partition coefficient (Wildman–Crippen LogP) is 4.91. The van der Waals surface area contributed by atoms with Crippen LogP contribution in [0.1, 0.15) is 46.0 Å². The molecule has 0 bridgehead atoms. The molecule has 0 atom stereocenters. The van der Waals surface area contributed by atoms with Crippen molar-refractivity contribution in [3.63, 3.8) is 0 Å². The van der Waals surface area contributed by atoms with E-state index >= 15 is 0 Å². The molecule has 0 unspecified atom stereocenters. The van der Waals surface area contributed by atoms with Gasteiger partial charge >= 0.3 is 0 Å². The van der Waals surface area contributed by atoms with E-state index in [0.717, 1.165) is 22.8 Å². The zero-order valence-corrected chi connectivity index (χ0v) is 13.9. The second-order valence-corrected chi connectivity index (χ2v) is 7.19. The molecule has 1 aliphatic rings. The Hall–Kier alpha value is -0.350. The molecular formula is C14H21BrClN3. The van der Waals surface area contributed by atoms with Crippen molar-refractivity contribution in [1.29, 1.82) is 0 Å². The van der Waals surface area contributed by atoms with E-state index in [1.807, 2.05) is 0 Å². The van der Waals surface area contributed by atoms with Gasteiger partial charge in [-0.2, -0.15) is 4.98 Å². The summed E-state index contributed by atoms with van der Waals surface area (Å²) in [4.78, 5) is 8.19. The second-order valence-electron chi connectivity index (χ2n) is 5.99. The Morgan fingerprint density at radius 2 is 2.11 bits per heavy atom. The lowest BCUT2D eigenvalue weighted by Gasteiger charge is -2.31. The third-order valence-corrected chi connectivity index (χ3v) is 4.61. The van der Waals surface area contributed by atoms with E-state index in [4.69, 9.17) is 11.6 Å². The molecule has 0 aliphatic heterocycles. The van der Waals surface area contributed by atoms with Gasteiger partial charge in [-0.15, -0.1) is 0 Å². The van der Waals surface area contributed by atoms with E-state index in [9.17, 15) is 0 Å². The molecule has 1 N–H and O–H groups in total. The van der Waals surface area contributed by atoms with Crippen molar-refractivity contribution in [2.45, 2.75) is 46.0 Å². The lowest BCUT2D eigenvalue weighted by atomic mass is 9.78. The summed E-state index contributed by atoms with van der Waals surface area (Å²) in [7, 11) is 0. The van der Waals surface area contributed by atoms with Gasteiger partial charge in [-0.3, -0.25) is 0 Å². The second kappa shape index (κ2) is 6.40. The zero-order valence-electron chi connectivity index (χ0n) is 11.5. The van der Waals surface area contributed by atoms with E-state index in [2.05, 4.69) is 45.1 Å². The molecule has 0 saturated heterocycles. The van der Waals surface area contributed by atoms with Gasteiger partial charge in [-0.25, -0.2) is 4.98 Å². The Balaban J connectivity index is 2.04. The van der Waals surface area contributed by atoms with Crippen LogP contribution in [0.15, 0.2) is 10.7 Å². The summed E-state index contributed by atoms with van der Waals surface area (Å²) < 4.78 is 0.870. The van der Waals surface area contributed by atoms with Crippen molar-refractivity contribution in [2.75, 3.05) is 11.9 Å². The number of aromatic nitrogens is 2. The molecular weight excluding hydrogens is 326 g/mol. The first-order valence-corrected chi connectivity index (χ1v) is 8.10. The third-order valence-electron chi connectivity index (χ3n) is 3.85. The van der Waals surface area contributed by atoms with Crippen molar-refractivity contribution < 1.29 is 0 Å². The van der Waals surface area contributed by atoms with Gasteiger partial charge in [-0.05, 0) is 58.1 Å². The lowest BCUT2D eigenvalue weighted by Crippen LogP contribution is -2.29. The van der Waals surface area contributed by atoms with Gasteiger partial charge in [0.2, 0.25) is 5.28 Å². The molecule has 1 heterocycles. The quantitative estimate of drug-likeness (QED) is 0.770. The van der Waals surface area contributed by atoms with Crippen LogP contribution in [-0.4, -0.2) is 16.5 Å². The Morgan fingerprint density at radius 1 is 1.42 bits per heavy atom. The maximum atomic E-state index is 5.85. The Kier molecular flexibility index (Phi) is 5.07. The minimum Gasteiger partial charge on any atom is -0.368 e. The first-order chi connectivity index (χ1) is 9.01. The first kappa shape index (κ1) is 15.0. The lowest BCUT2D eigenvalue weighted by molar-refractivity contribution is 0.252. The van der Waals surface area contributed by atoms with Crippen LogP contribution in [0.25, 0.3) is 0 Å². The van der Waals surface area contributed by atoms with Crippen molar-refractivity contribution in [3.8, 4) is 0 Å². The van der Waals surface area contributed by atoms with Crippen LogP contribution < -0.4 is 5.32 Å². The minimum atomic E-state index is 0.287. The molecule has 1 aromatic heterocycles. The standard InChI is InChI=1S/C14H21BrClN3/c1-10(2)7-14(5-3-4-6-14)9-18-12-11(15)8-17-13(16)19-12/h8,10H,3-7,9H2,1-2H3,(H,17,18,19). The molecule has 0 radical (unpaired) electrons. The number of halogens is 2. The predicted molar refractivity (Wildman–Crippen MR) is 83.6 cm³/mol. The van der Waals surface area contributed by atoms with Crippen LogP contribution >= 0.6 is 27.5 Å². The highest BCUT2D eigenvalue weighted by Crippen LogP contribution is 2.43. The maximum Gasteiger partial charge on any atom is 0.224 e. The number of rotatable bonds is 5. The molecule has 1 aromatic rings. The molecule has 3 nitrogen and oxygen atoms in total. The highest BCUT2D eigenvalue weighted by atomic mass is 79.9. The van der Waals surface area contributed by atoms with Crippen LogP contribution in [0, 0.1) is 11.3 Å². The van der Waals surface area contributed by atoms with E-state index < -0.39 is 0 Å². The monoisotopic (exact) mass is 345 g/mol. The summed E-state index contributed by atoms with van der Waals surface area (Å²) in [6.45, 7) is 5.58. The van der Waals surface area contributed by atoms with Crippen LogP contribution in [0.5, 0.6) is 0 Å². The Labute approximate surface area is 128 Å². The van der Waals surface area contributed by atoms with Gasteiger partial charge in [0.25, 0.3) is 0 Å². The van der Waals surface area contributed by atoms with Gasteiger partial charge in [0.05, 0.1) is 4.47 Å². The average Bonchev–Trinajstić information content (AvgIpc) is 2.78. The maximum absolute atomic E-state index is 5.85. The highest BCUT2D eigenvalue weighted by Gasteiger charge is 2.34. The topological polar surface area (TPSA) is 37.8 Å². The number of hydrogen-bond donors (Lipinski definition) is 1. The van der Waals surface area contributed by atoms with Crippen molar-refractivity contribution >= 4 is 33.3 Å². The number of nitrogens with one attached hydrogen (secondary N) is 1. The normalized spacial score (nSPS) is 17.9. The largest absolute Gasteiger partial charge is 0.368 e. The summed E-state index contributed by atoms with van der Waals surface area (Å²) in [5.41, 5.74) is 0.422. The molecule has 0 amide bonds. The first-order valence-electron chi connectivity index (χ1n) is 6.93. The van der Waals surface area contributed by atoms with Gasteiger partial charge in [0, 0.05) is 12.7 Å². The third kappa shape index (κ3) is 4.06. The minimum absolute atomic E-state index is 0.287. The molecule has 5 heteroatoms. The van der Waals surface area contributed by atoms with Crippen LogP contribution in [-0.2, 0) is 0 Å². The molecule has 0 spiro atoms. The number of anilines is 1. The SMILES string of the molecule is CC(C)CC1(CNc2nc(Cl)ncc2Br)CCCC1. The van der Waals surface area contributed by atoms with E-state index in [1.54, 1.807) is 6.20 Å². The molecule has 1 fully saturated rings. The summed E-state index contributed by atoms with van der Waals surface area (Å²) in [6.07, 6.45) is 8.29. The van der Waals surface area contributed by atoms with E-state index in [-0.39, 0.29) is 5.28 Å². The average molecular weight is 347 g/mol. The summed E-state index contributed by atoms with van der Waals surface area (Å²) >= 11 is 9.31. The summed E-state index contributed by atoms with van der Waals surface area (Å²) in [6, 6.07) is 0. The molecule has 2 rings (SSSR count). The smallest absolute Gasteiger partial charge is 0.224 e. The highest BCUT2D eigenvalue weighted by molar-refractivity contribution is 9.10. The fourth-order valence-electron chi connectivity index (χ4n) is 3.18. The van der Waals surface area contributed by atoms with Gasteiger partial charge in [-0.1, -0.05) is 26.7 Å². The summed E-state index contributed by atoms with van der Waals surface area (Å²) in [5.74, 6) is 1.53. The van der Waals surface area contributed by atoms with E-state index in [1.165, 1.54) is 32.1 Å². The van der Waals surface area contributed by atoms with Gasteiger partial charge in [0.15, 0.2) is 0 Å². The fraction of sp³-hybridized carbons (Fsp3) is 0.714. The summed E-state index contributed by atoms with van der Waals surface area (Å²) in [5, 5.41) is 3.75. The molecule has 1 aliphatic carbocycles. The Bertz CT molecular complexity index is 431.